The van der Waals surface area contributed by atoms with Crippen molar-refractivity contribution < 1.29 is 23.1 Å². The Balaban J connectivity index is 2.03. The Morgan fingerprint density at radius 1 is 1.18 bits per heavy atom. The van der Waals surface area contributed by atoms with Crippen molar-refractivity contribution in [3.63, 3.8) is 0 Å². The minimum Gasteiger partial charge on any atom is -0.481 e. The molecule has 2 saturated heterocycles. The molecular formula is C9H16N2O5S. The van der Waals surface area contributed by atoms with E-state index in [1.165, 1.54) is 8.61 Å². The lowest BCUT2D eigenvalue weighted by atomic mass is 10.1. The molecule has 0 aliphatic carbocycles. The number of rotatable bonds is 3. The molecule has 98 valence electrons. The van der Waals surface area contributed by atoms with E-state index in [9.17, 15) is 13.2 Å². The normalized spacial score (nSPS) is 28.4. The number of carbonyl (C=O) groups is 1. The molecule has 0 amide bonds. The number of carboxylic acids is 1. The van der Waals surface area contributed by atoms with E-state index in [1.54, 1.807) is 0 Å². The van der Waals surface area contributed by atoms with E-state index in [0.29, 0.717) is 32.7 Å². The molecule has 17 heavy (non-hydrogen) atoms. The van der Waals surface area contributed by atoms with Crippen LogP contribution in [0.2, 0.25) is 0 Å². The summed E-state index contributed by atoms with van der Waals surface area (Å²) in [5.74, 6) is -1.50. The second-order valence-corrected chi connectivity index (χ2v) is 6.13. The number of aliphatic carboxylic acids is 1. The van der Waals surface area contributed by atoms with Gasteiger partial charge < -0.3 is 9.84 Å². The van der Waals surface area contributed by atoms with E-state index < -0.39 is 22.1 Å². The third-order valence-corrected chi connectivity index (χ3v) is 5.12. The summed E-state index contributed by atoms with van der Waals surface area (Å²) in [6.07, 6.45) is 0.388. The molecule has 8 heteroatoms. The summed E-state index contributed by atoms with van der Waals surface area (Å²) in [7, 11) is -3.50. The van der Waals surface area contributed by atoms with E-state index in [-0.39, 0.29) is 13.1 Å². The monoisotopic (exact) mass is 264 g/mol. The molecular weight excluding hydrogens is 248 g/mol. The van der Waals surface area contributed by atoms with Gasteiger partial charge in [0.15, 0.2) is 0 Å². The third kappa shape index (κ3) is 2.59. The molecule has 7 nitrogen and oxygen atoms in total. The minimum absolute atomic E-state index is 0.0784. The molecule has 0 unspecified atom stereocenters. The van der Waals surface area contributed by atoms with Gasteiger partial charge in [-0.3, -0.25) is 4.79 Å². The zero-order chi connectivity index (χ0) is 12.5. The lowest BCUT2D eigenvalue weighted by molar-refractivity contribution is -0.141. The highest BCUT2D eigenvalue weighted by Gasteiger charge is 2.38. The second kappa shape index (κ2) is 4.89. The number of hydrogen-bond acceptors (Lipinski definition) is 4. The van der Waals surface area contributed by atoms with E-state index in [4.69, 9.17) is 9.84 Å². The van der Waals surface area contributed by atoms with Gasteiger partial charge in [0.1, 0.15) is 0 Å². The molecule has 1 N–H and O–H groups in total. The van der Waals surface area contributed by atoms with E-state index in [1.807, 2.05) is 0 Å². The maximum atomic E-state index is 12.2. The van der Waals surface area contributed by atoms with Crippen LogP contribution >= 0.6 is 0 Å². The van der Waals surface area contributed by atoms with Crippen molar-refractivity contribution in [2.24, 2.45) is 5.92 Å². The smallest absolute Gasteiger partial charge is 0.307 e. The molecule has 0 aromatic carbocycles. The van der Waals surface area contributed by atoms with Crippen LogP contribution in [0, 0.1) is 5.92 Å². The summed E-state index contributed by atoms with van der Waals surface area (Å²) in [6.45, 7) is 1.85. The first kappa shape index (κ1) is 12.7. The average molecular weight is 264 g/mol. The third-order valence-electron chi connectivity index (χ3n) is 3.12. The first-order valence-corrected chi connectivity index (χ1v) is 6.97. The van der Waals surface area contributed by atoms with Crippen LogP contribution in [0.1, 0.15) is 6.42 Å². The summed E-state index contributed by atoms with van der Waals surface area (Å²) in [4.78, 5) is 10.8. The maximum absolute atomic E-state index is 12.2. The van der Waals surface area contributed by atoms with Gasteiger partial charge in [-0.1, -0.05) is 0 Å². The lowest BCUT2D eigenvalue weighted by Crippen LogP contribution is -2.48. The lowest BCUT2D eigenvalue weighted by Gasteiger charge is -2.29. The number of morpholine rings is 1. The van der Waals surface area contributed by atoms with Crippen LogP contribution in [0.5, 0.6) is 0 Å². The number of nitrogens with zero attached hydrogens (tertiary/aromatic N) is 2. The molecule has 0 aromatic rings. The van der Waals surface area contributed by atoms with Gasteiger partial charge in [-0.05, 0) is 6.42 Å². The second-order valence-electron chi connectivity index (χ2n) is 4.20. The van der Waals surface area contributed by atoms with Gasteiger partial charge in [-0.2, -0.15) is 17.0 Å². The first-order valence-electron chi connectivity index (χ1n) is 5.57. The highest BCUT2D eigenvalue weighted by molar-refractivity contribution is 7.86. The van der Waals surface area contributed by atoms with Gasteiger partial charge in [-0.25, -0.2) is 0 Å². The van der Waals surface area contributed by atoms with E-state index >= 15 is 0 Å². The van der Waals surface area contributed by atoms with Crippen LogP contribution in [0.3, 0.4) is 0 Å². The quantitative estimate of drug-likeness (QED) is 0.704. The minimum atomic E-state index is -3.50. The van der Waals surface area contributed by atoms with Crippen molar-refractivity contribution >= 4 is 16.2 Å². The predicted octanol–water partition coefficient (Wildman–Crippen LogP) is -1.03. The Hall–Kier alpha value is -0.700. The Labute approximate surface area is 100 Å². The Morgan fingerprint density at radius 3 is 2.35 bits per heavy atom. The highest BCUT2D eigenvalue weighted by atomic mass is 32.2. The van der Waals surface area contributed by atoms with Gasteiger partial charge in [0.25, 0.3) is 10.2 Å². The van der Waals surface area contributed by atoms with E-state index in [0.717, 1.165) is 0 Å². The number of hydrogen-bond donors (Lipinski definition) is 1. The molecule has 2 rings (SSSR count). The average Bonchev–Trinajstić information content (AvgIpc) is 2.80. The van der Waals surface area contributed by atoms with Crippen LogP contribution in [0.25, 0.3) is 0 Å². The predicted molar refractivity (Wildman–Crippen MR) is 58.6 cm³/mol. The fourth-order valence-corrected chi connectivity index (χ4v) is 3.72. The van der Waals surface area contributed by atoms with Crippen molar-refractivity contribution in [1.29, 1.82) is 0 Å². The largest absolute Gasteiger partial charge is 0.481 e. The SMILES string of the molecule is O=C(O)[C@@H]1CCN(S(=O)(=O)N2CCOCC2)C1. The molecule has 0 spiro atoms. The van der Waals surface area contributed by atoms with Gasteiger partial charge >= 0.3 is 5.97 Å². The van der Waals surface area contributed by atoms with Crippen molar-refractivity contribution in [3.05, 3.63) is 0 Å². The molecule has 0 radical (unpaired) electrons. The van der Waals surface area contributed by atoms with Gasteiger partial charge in [0, 0.05) is 26.2 Å². The summed E-state index contributed by atoms with van der Waals surface area (Å²) in [6, 6.07) is 0. The molecule has 2 aliphatic heterocycles. The van der Waals surface area contributed by atoms with Crippen LogP contribution < -0.4 is 0 Å². The Bertz CT molecular complexity index is 390. The summed E-state index contributed by atoms with van der Waals surface area (Å²) >= 11 is 0. The maximum Gasteiger partial charge on any atom is 0.307 e. The fourth-order valence-electron chi connectivity index (χ4n) is 2.08. The molecule has 1 atom stereocenters. The van der Waals surface area contributed by atoms with E-state index in [2.05, 4.69) is 0 Å². The summed E-state index contributed by atoms with van der Waals surface area (Å²) in [5.41, 5.74) is 0. The van der Waals surface area contributed by atoms with Gasteiger partial charge in [0.2, 0.25) is 0 Å². The van der Waals surface area contributed by atoms with Crippen molar-refractivity contribution in [2.45, 2.75) is 6.42 Å². The van der Waals surface area contributed by atoms with Gasteiger partial charge in [0.05, 0.1) is 19.1 Å². The van der Waals surface area contributed by atoms with Crippen LogP contribution in [0.15, 0.2) is 0 Å². The Kier molecular flexibility index (Phi) is 3.67. The molecule has 0 aromatic heterocycles. The highest BCUT2D eigenvalue weighted by Crippen LogP contribution is 2.22. The summed E-state index contributed by atoms with van der Waals surface area (Å²) < 4.78 is 32.0. The van der Waals surface area contributed by atoms with Crippen LogP contribution in [0.4, 0.5) is 0 Å². The number of carboxylic acid groups (broad SMARTS) is 1. The van der Waals surface area contributed by atoms with Crippen molar-refractivity contribution in [3.8, 4) is 0 Å². The number of ether oxygens (including phenoxy) is 1. The molecule has 2 fully saturated rings. The topological polar surface area (TPSA) is 87.2 Å². The fraction of sp³-hybridized carbons (Fsp3) is 0.889. The van der Waals surface area contributed by atoms with Crippen LogP contribution in [-0.2, 0) is 19.7 Å². The zero-order valence-electron chi connectivity index (χ0n) is 9.41. The van der Waals surface area contributed by atoms with Crippen molar-refractivity contribution in [1.82, 2.24) is 8.61 Å². The molecule has 2 aliphatic rings. The molecule has 0 bridgehead atoms. The van der Waals surface area contributed by atoms with Gasteiger partial charge in [-0.15, -0.1) is 0 Å². The molecule has 2 heterocycles. The van der Waals surface area contributed by atoms with Crippen LogP contribution in [-0.4, -0.2) is 67.5 Å². The summed E-state index contributed by atoms with van der Waals surface area (Å²) in [5, 5.41) is 8.85. The Morgan fingerprint density at radius 2 is 1.82 bits per heavy atom. The molecule has 0 saturated carbocycles. The first-order chi connectivity index (χ1) is 8.01. The standard InChI is InChI=1S/C9H16N2O5S/c12-9(13)8-1-2-11(7-8)17(14,15)10-3-5-16-6-4-10/h8H,1-7H2,(H,12,13)/t8-/m1/s1. The van der Waals surface area contributed by atoms with Crippen molar-refractivity contribution in [2.75, 3.05) is 39.4 Å². The zero-order valence-corrected chi connectivity index (χ0v) is 10.2.